The summed E-state index contributed by atoms with van der Waals surface area (Å²) in [7, 11) is 1.93. The first-order valence-electron chi connectivity index (χ1n) is 14.2. The van der Waals surface area contributed by atoms with Crippen molar-refractivity contribution in [3.63, 3.8) is 0 Å². The van der Waals surface area contributed by atoms with Crippen LogP contribution < -0.4 is 16.0 Å². The Bertz CT molecular complexity index is 868. The van der Waals surface area contributed by atoms with Crippen LogP contribution in [0.15, 0.2) is 18.2 Å². The number of benzene rings is 1. The highest BCUT2D eigenvalue weighted by Crippen LogP contribution is 2.40. The van der Waals surface area contributed by atoms with Crippen LogP contribution in [0.3, 0.4) is 0 Å². The summed E-state index contributed by atoms with van der Waals surface area (Å²) in [4.78, 5) is 26.2. The highest BCUT2D eigenvalue weighted by Gasteiger charge is 2.41. The number of aliphatic hydroxyl groups is 1. The van der Waals surface area contributed by atoms with Crippen molar-refractivity contribution >= 4 is 12.1 Å². The third kappa shape index (κ3) is 8.60. The maximum atomic E-state index is 13.4. The molecule has 208 valence electrons. The second-order valence-electron chi connectivity index (χ2n) is 11.4. The third-order valence-corrected chi connectivity index (χ3v) is 8.24. The topological polar surface area (TPSA) is 114 Å². The van der Waals surface area contributed by atoms with Crippen LogP contribution in [0, 0.1) is 25.7 Å². The van der Waals surface area contributed by atoms with Crippen molar-refractivity contribution in [3.05, 3.63) is 34.9 Å². The van der Waals surface area contributed by atoms with Gasteiger partial charge in [0.2, 0.25) is 0 Å². The fourth-order valence-corrected chi connectivity index (χ4v) is 6.44. The molecule has 2 aliphatic rings. The maximum absolute atomic E-state index is 13.4. The van der Waals surface area contributed by atoms with E-state index in [-0.39, 0.29) is 24.5 Å². The molecule has 8 nitrogen and oxygen atoms in total. The first-order valence-corrected chi connectivity index (χ1v) is 14.2. The molecule has 0 unspecified atom stereocenters. The Hall–Kier alpha value is -2.32. The highest BCUT2D eigenvalue weighted by atomic mass is 16.4. The molecule has 1 aromatic rings. The zero-order valence-corrected chi connectivity index (χ0v) is 23.0. The van der Waals surface area contributed by atoms with Crippen LogP contribution in [-0.2, 0) is 5.60 Å². The molecule has 2 fully saturated rings. The molecule has 0 radical (unpaired) electrons. The predicted molar refractivity (Wildman–Crippen MR) is 147 cm³/mol. The summed E-state index contributed by atoms with van der Waals surface area (Å²) in [6, 6.07) is 6.20. The lowest BCUT2D eigenvalue weighted by Crippen LogP contribution is -2.54. The van der Waals surface area contributed by atoms with Gasteiger partial charge < -0.3 is 31.1 Å². The number of piperidine rings is 1. The van der Waals surface area contributed by atoms with E-state index in [9.17, 15) is 14.7 Å². The summed E-state index contributed by atoms with van der Waals surface area (Å²) in [5, 5.41) is 30.1. The van der Waals surface area contributed by atoms with E-state index in [1.807, 2.05) is 37.9 Å². The molecule has 3 atom stereocenters. The monoisotopic (exact) mass is 516 g/mol. The first kappa shape index (κ1) is 29.2. The number of rotatable bonds is 11. The smallest absolute Gasteiger partial charge is 0.404 e. The van der Waals surface area contributed by atoms with Crippen LogP contribution in [0.2, 0.25) is 0 Å². The molecular weight excluding hydrogens is 468 g/mol. The van der Waals surface area contributed by atoms with Crippen molar-refractivity contribution in [2.24, 2.45) is 11.8 Å². The van der Waals surface area contributed by atoms with Gasteiger partial charge in [-0.1, -0.05) is 61.4 Å². The second kappa shape index (κ2) is 14.0. The van der Waals surface area contributed by atoms with Gasteiger partial charge in [0.05, 0.1) is 5.60 Å². The lowest BCUT2D eigenvalue weighted by atomic mass is 9.73. The molecule has 1 heterocycles. The summed E-state index contributed by atoms with van der Waals surface area (Å²) >= 11 is 0. The van der Waals surface area contributed by atoms with E-state index in [0.29, 0.717) is 31.8 Å². The van der Waals surface area contributed by atoms with E-state index in [4.69, 9.17) is 5.11 Å². The van der Waals surface area contributed by atoms with Crippen LogP contribution in [-0.4, -0.2) is 66.5 Å². The molecule has 37 heavy (non-hydrogen) atoms. The van der Waals surface area contributed by atoms with Gasteiger partial charge in [-0.05, 0) is 64.5 Å². The number of nitrogens with zero attached hydrogens (tertiary/aromatic N) is 1. The maximum Gasteiger partial charge on any atom is 0.404 e. The zero-order chi connectivity index (χ0) is 26.8. The summed E-state index contributed by atoms with van der Waals surface area (Å²) < 4.78 is 0. The largest absolute Gasteiger partial charge is 0.465 e. The van der Waals surface area contributed by atoms with Gasteiger partial charge in [-0.25, -0.2) is 9.59 Å². The second-order valence-corrected chi connectivity index (χ2v) is 11.4. The van der Waals surface area contributed by atoms with Crippen LogP contribution in [0.4, 0.5) is 9.59 Å². The van der Waals surface area contributed by atoms with Crippen molar-refractivity contribution in [2.45, 2.75) is 89.7 Å². The lowest BCUT2D eigenvalue weighted by Gasteiger charge is -2.43. The van der Waals surface area contributed by atoms with Gasteiger partial charge in [-0.15, -0.1) is 0 Å². The van der Waals surface area contributed by atoms with Gasteiger partial charge in [0.1, 0.15) is 0 Å². The minimum atomic E-state index is -1.14. The molecule has 5 N–H and O–H groups in total. The molecule has 0 bridgehead atoms. The standard InChI is InChI=1S/C29H48N4O4/c1-21-15-22(2)17-25(16-21)29(37,12-8-13-31-28(35)36)24-11-7-14-33(20-24)27(34)32-26(19-30-3)18-23-9-5-4-6-10-23/h15-17,23-24,26,30-31,37H,4-14,18-20H2,1-3H3,(H,32,34)(H,35,36)/t24-,26+,29+/m1/s1. The molecule has 1 aromatic carbocycles. The number of amides is 3. The molecule has 1 saturated heterocycles. The quantitative estimate of drug-likeness (QED) is 0.278. The van der Waals surface area contributed by atoms with Crippen LogP contribution in [0.1, 0.15) is 80.9 Å². The molecule has 0 spiro atoms. The molecule has 8 heteroatoms. The van der Waals surface area contributed by atoms with E-state index in [2.05, 4.69) is 22.0 Å². The van der Waals surface area contributed by atoms with Crippen molar-refractivity contribution in [2.75, 3.05) is 33.2 Å². The van der Waals surface area contributed by atoms with Crippen LogP contribution in [0.25, 0.3) is 0 Å². The van der Waals surface area contributed by atoms with E-state index in [0.717, 1.165) is 42.5 Å². The van der Waals surface area contributed by atoms with Crippen LogP contribution >= 0.6 is 0 Å². The summed E-state index contributed by atoms with van der Waals surface area (Å²) in [6.07, 6.45) is 8.96. The van der Waals surface area contributed by atoms with Gasteiger partial charge in [0.15, 0.2) is 0 Å². The number of urea groups is 1. The number of carbonyl (C=O) groups is 2. The average molecular weight is 517 g/mol. The van der Waals surface area contributed by atoms with E-state index in [1.165, 1.54) is 32.1 Å². The van der Waals surface area contributed by atoms with E-state index in [1.54, 1.807) is 0 Å². The fraction of sp³-hybridized carbons (Fsp3) is 0.724. The van der Waals surface area contributed by atoms with Gasteiger partial charge in [0, 0.05) is 38.1 Å². The zero-order valence-electron chi connectivity index (χ0n) is 23.0. The molecule has 1 saturated carbocycles. The molecular formula is C29H48N4O4. The number of aryl methyl sites for hydroxylation is 2. The van der Waals surface area contributed by atoms with Crippen molar-refractivity contribution in [1.82, 2.24) is 20.9 Å². The van der Waals surface area contributed by atoms with E-state index >= 15 is 0 Å². The summed E-state index contributed by atoms with van der Waals surface area (Å²) in [5.74, 6) is 0.551. The minimum Gasteiger partial charge on any atom is -0.465 e. The number of carboxylic acid groups (broad SMARTS) is 1. The number of hydrogen-bond acceptors (Lipinski definition) is 4. The fourth-order valence-electron chi connectivity index (χ4n) is 6.44. The Kier molecular flexibility index (Phi) is 11.1. The van der Waals surface area contributed by atoms with Gasteiger partial charge in [-0.2, -0.15) is 0 Å². The Morgan fingerprint density at radius 2 is 1.78 bits per heavy atom. The average Bonchev–Trinajstić information content (AvgIpc) is 2.86. The first-order chi connectivity index (χ1) is 17.7. The van der Waals surface area contributed by atoms with E-state index < -0.39 is 11.7 Å². The molecule has 1 aliphatic carbocycles. The highest BCUT2D eigenvalue weighted by molar-refractivity contribution is 5.74. The van der Waals surface area contributed by atoms with Gasteiger partial charge in [0.25, 0.3) is 0 Å². The predicted octanol–water partition coefficient (Wildman–Crippen LogP) is 4.52. The minimum absolute atomic E-state index is 0.0453. The normalized spacial score (nSPS) is 21.2. The number of likely N-dealkylation sites (tertiary alicyclic amines) is 1. The van der Waals surface area contributed by atoms with Gasteiger partial charge in [-0.3, -0.25) is 0 Å². The number of carbonyl (C=O) groups excluding carboxylic acids is 1. The Morgan fingerprint density at radius 3 is 2.43 bits per heavy atom. The SMILES string of the molecule is CNC[C@H](CC1CCCCC1)NC(=O)N1CCC[C@@H]([C@@](O)(CCCNC(=O)O)c2cc(C)cc(C)c2)C1. The van der Waals surface area contributed by atoms with Crippen molar-refractivity contribution in [3.8, 4) is 0 Å². The molecule has 3 amide bonds. The van der Waals surface area contributed by atoms with Crippen molar-refractivity contribution < 1.29 is 19.8 Å². The lowest BCUT2D eigenvalue weighted by molar-refractivity contribution is -0.0553. The molecule has 3 rings (SSSR count). The Balaban J connectivity index is 1.71. The van der Waals surface area contributed by atoms with Crippen LogP contribution in [0.5, 0.6) is 0 Å². The number of hydrogen-bond donors (Lipinski definition) is 5. The molecule has 0 aromatic heterocycles. The van der Waals surface area contributed by atoms with Crippen molar-refractivity contribution in [1.29, 1.82) is 0 Å². The number of nitrogens with one attached hydrogen (secondary N) is 3. The summed E-state index contributed by atoms with van der Waals surface area (Å²) in [5.41, 5.74) is 1.89. The van der Waals surface area contributed by atoms with Gasteiger partial charge >= 0.3 is 12.1 Å². The molecule has 1 aliphatic heterocycles. The Morgan fingerprint density at radius 1 is 1.08 bits per heavy atom. The summed E-state index contributed by atoms with van der Waals surface area (Å²) in [6.45, 7) is 6.25. The third-order valence-electron chi connectivity index (χ3n) is 8.24. The number of likely N-dealkylation sites (N-methyl/N-ethyl adjacent to an activating group) is 1. The Labute approximate surface area is 222 Å².